The number of rotatable bonds is 2. The minimum Gasteiger partial charge on any atom is -0.453 e. The van der Waals surface area contributed by atoms with E-state index >= 15 is 0 Å². The number of amides is 1. The van der Waals surface area contributed by atoms with E-state index in [2.05, 4.69) is 33.7 Å². The molecule has 84 valence electrons. The van der Waals surface area contributed by atoms with Gasteiger partial charge in [0.15, 0.2) is 0 Å². The minimum absolute atomic E-state index is 0.284. The maximum Gasteiger partial charge on any atom is 0.407 e. The highest BCUT2D eigenvalue weighted by molar-refractivity contribution is 5.67. The van der Waals surface area contributed by atoms with Crippen LogP contribution in [-0.2, 0) is 4.74 Å². The van der Waals surface area contributed by atoms with Crippen molar-refractivity contribution in [2.45, 2.75) is 25.8 Å². The van der Waals surface area contributed by atoms with Crippen LogP contribution in [0, 0.1) is 11.8 Å². The van der Waals surface area contributed by atoms with Crippen LogP contribution in [0.2, 0.25) is 0 Å². The van der Waals surface area contributed by atoms with E-state index in [1.807, 2.05) is 0 Å². The lowest BCUT2D eigenvalue weighted by Gasteiger charge is -2.17. The van der Waals surface area contributed by atoms with Gasteiger partial charge < -0.3 is 10.1 Å². The molecule has 0 bridgehead atoms. The Balaban J connectivity index is 2.21. The molecular formula is C11H18N2O2. The molecule has 1 N–H and O–H groups in total. The number of ether oxygens (including phenoxy) is 1. The number of hydrogen-bond acceptors (Lipinski definition) is 3. The molecule has 0 aromatic rings. The van der Waals surface area contributed by atoms with Gasteiger partial charge in [-0.15, -0.1) is 0 Å². The molecule has 0 aliphatic carbocycles. The highest BCUT2D eigenvalue weighted by atomic mass is 16.5. The Morgan fingerprint density at radius 2 is 2.20 bits per heavy atom. The molecule has 1 rings (SSSR count). The summed E-state index contributed by atoms with van der Waals surface area (Å²) in [6.07, 6.45) is 2.11. The summed E-state index contributed by atoms with van der Waals surface area (Å²) in [5.41, 5.74) is 0. The molecule has 1 unspecified atom stereocenters. The first kappa shape index (κ1) is 11.9. The van der Waals surface area contributed by atoms with Crippen molar-refractivity contribution in [3.63, 3.8) is 0 Å². The fourth-order valence-corrected chi connectivity index (χ4v) is 1.61. The van der Waals surface area contributed by atoms with Crippen LogP contribution in [-0.4, -0.2) is 43.8 Å². The summed E-state index contributed by atoms with van der Waals surface area (Å²) in [7, 11) is 1.34. The number of hydrogen-bond donors (Lipinski definition) is 1. The van der Waals surface area contributed by atoms with Crippen LogP contribution in [0.1, 0.15) is 19.8 Å². The van der Waals surface area contributed by atoms with E-state index in [0.29, 0.717) is 6.54 Å². The molecular weight excluding hydrogens is 192 g/mol. The second-order valence-electron chi connectivity index (χ2n) is 3.59. The Labute approximate surface area is 91.0 Å². The third-order valence-electron chi connectivity index (χ3n) is 2.51. The lowest BCUT2D eigenvalue weighted by atomic mass is 10.3. The molecule has 1 saturated heterocycles. The van der Waals surface area contributed by atoms with Gasteiger partial charge in [0.2, 0.25) is 0 Å². The monoisotopic (exact) mass is 210 g/mol. The third kappa shape index (κ3) is 4.22. The Morgan fingerprint density at radius 1 is 1.53 bits per heavy atom. The number of nitrogens with one attached hydrogen (secondary N) is 1. The van der Waals surface area contributed by atoms with Crippen LogP contribution in [0.4, 0.5) is 4.79 Å². The fourth-order valence-electron chi connectivity index (χ4n) is 1.61. The summed E-state index contributed by atoms with van der Waals surface area (Å²) in [6.45, 7) is 4.72. The van der Waals surface area contributed by atoms with Crippen molar-refractivity contribution >= 4 is 6.09 Å². The van der Waals surface area contributed by atoms with Crippen LogP contribution >= 0.6 is 0 Å². The number of methoxy groups -OCH3 is 1. The van der Waals surface area contributed by atoms with E-state index in [9.17, 15) is 4.79 Å². The average Bonchev–Trinajstić information content (AvgIpc) is 2.77. The second-order valence-corrected chi connectivity index (χ2v) is 3.59. The van der Waals surface area contributed by atoms with Gasteiger partial charge in [0.1, 0.15) is 0 Å². The molecule has 1 fully saturated rings. The maximum absolute atomic E-state index is 10.7. The van der Waals surface area contributed by atoms with Crippen molar-refractivity contribution in [3.05, 3.63) is 0 Å². The van der Waals surface area contributed by atoms with E-state index in [-0.39, 0.29) is 6.04 Å². The molecule has 0 aromatic heterocycles. The molecule has 0 radical (unpaired) electrons. The number of carbonyl (C=O) groups excluding carboxylic acids is 1. The van der Waals surface area contributed by atoms with Crippen LogP contribution in [0.5, 0.6) is 0 Å². The predicted octanol–water partition coefficient (Wildman–Crippen LogP) is 0.830. The maximum atomic E-state index is 10.7. The molecule has 1 aliphatic rings. The molecule has 1 amide bonds. The van der Waals surface area contributed by atoms with Crippen molar-refractivity contribution in [2.75, 3.05) is 26.7 Å². The summed E-state index contributed by atoms with van der Waals surface area (Å²) in [5, 5.41) is 2.52. The zero-order chi connectivity index (χ0) is 11.1. The number of likely N-dealkylation sites (tertiary alicyclic amines) is 1. The minimum atomic E-state index is -0.432. The Morgan fingerprint density at radius 3 is 2.80 bits per heavy atom. The largest absolute Gasteiger partial charge is 0.453 e. The lowest BCUT2D eigenvalue weighted by molar-refractivity contribution is 0.172. The lowest BCUT2D eigenvalue weighted by Crippen LogP contribution is -2.29. The van der Waals surface area contributed by atoms with Gasteiger partial charge in [0, 0.05) is 0 Å². The van der Waals surface area contributed by atoms with Gasteiger partial charge in [0.05, 0.1) is 19.7 Å². The van der Waals surface area contributed by atoms with Crippen molar-refractivity contribution in [2.24, 2.45) is 0 Å². The number of carbonyl (C=O) groups is 1. The second kappa shape index (κ2) is 6.31. The molecule has 1 aliphatic heterocycles. The topological polar surface area (TPSA) is 41.6 Å². The first-order valence-corrected chi connectivity index (χ1v) is 5.28. The fraction of sp³-hybridized carbons (Fsp3) is 0.727. The first-order chi connectivity index (χ1) is 7.24. The van der Waals surface area contributed by atoms with E-state index in [0.717, 1.165) is 13.1 Å². The standard InChI is InChI=1S/C11H18N2O2/c1-10(13-8-3-4-9-13)6-5-7-12-11(14)15-2/h10H,3-4,7-9H2,1-2H3,(H,12,14). The normalized spacial score (nSPS) is 17.7. The average molecular weight is 210 g/mol. The van der Waals surface area contributed by atoms with Gasteiger partial charge in [-0.2, -0.15) is 0 Å². The van der Waals surface area contributed by atoms with Crippen molar-refractivity contribution in [1.82, 2.24) is 10.2 Å². The van der Waals surface area contributed by atoms with Gasteiger partial charge in [0.25, 0.3) is 0 Å². The van der Waals surface area contributed by atoms with Crippen molar-refractivity contribution in [1.29, 1.82) is 0 Å². The summed E-state index contributed by atoms with van der Waals surface area (Å²) in [6, 6.07) is 0.284. The molecule has 0 spiro atoms. The number of nitrogens with zero attached hydrogens (tertiary/aromatic N) is 1. The van der Waals surface area contributed by atoms with Crippen LogP contribution in [0.15, 0.2) is 0 Å². The molecule has 4 heteroatoms. The molecule has 1 atom stereocenters. The van der Waals surface area contributed by atoms with Gasteiger partial charge in [-0.3, -0.25) is 4.90 Å². The summed E-state index contributed by atoms with van der Waals surface area (Å²) in [4.78, 5) is 13.1. The zero-order valence-corrected chi connectivity index (χ0v) is 9.38. The predicted molar refractivity (Wildman–Crippen MR) is 58.5 cm³/mol. The van der Waals surface area contributed by atoms with Crippen LogP contribution in [0.3, 0.4) is 0 Å². The van der Waals surface area contributed by atoms with Gasteiger partial charge in [-0.1, -0.05) is 11.8 Å². The van der Waals surface area contributed by atoms with Gasteiger partial charge in [-0.25, -0.2) is 4.79 Å². The summed E-state index contributed by atoms with van der Waals surface area (Å²) >= 11 is 0. The molecule has 0 saturated carbocycles. The summed E-state index contributed by atoms with van der Waals surface area (Å²) < 4.78 is 4.43. The van der Waals surface area contributed by atoms with E-state index < -0.39 is 6.09 Å². The van der Waals surface area contributed by atoms with E-state index in [1.165, 1.54) is 20.0 Å². The van der Waals surface area contributed by atoms with E-state index in [4.69, 9.17) is 0 Å². The molecule has 4 nitrogen and oxygen atoms in total. The third-order valence-corrected chi connectivity index (χ3v) is 2.51. The van der Waals surface area contributed by atoms with Crippen LogP contribution in [0.25, 0.3) is 0 Å². The smallest absolute Gasteiger partial charge is 0.407 e. The highest BCUT2D eigenvalue weighted by Crippen LogP contribution is 2.10. The zero-order valence-electron chi connectivity index (χ0n) is 9.38. The number of alkyl carbamates (subject to hydrolysis) is 1. The van der Waals surface area contributed by atoms with Crippen molar-refractivity contribution < 1.29 is 9.53 Å². The first-order valence-electron chi connectivity index (χ1n) is 5.28. The van der Waals surface area contributed by atoms with Crippen LogP contribution < -0.4 is 5.32 Å². The van der Waals surface area contributed by atoms with Gasteiger partial charge >= 0.3 is 6.09 Å². The van der Waals surface area contributed by atoms with Crippen molar-refractivity contribution in [3.8, 4) is 11.8 Å². The Bertz CT molecular complexity index is 261. The quantitative estimate of drug-likeness (QED) is 0.686. The van der Waals surface area contributed by atoms with E-state index in [1.54, 1.807) is 0 Å². The molecule has 1 heterocycles. The van der Waals surface area contributed by atoms with Gasteiger partial charge in [-0.05, 0) is 32.9 Å². The molecule has 0 aromatic carbocycles. The Kier molecular flexibility index (Phi) is 4.99. The summed E-state index contributed by atoms with van der Waals surface area (Å²) in [5.74, 6) is 6.03. The SMILES string of the molecule is COC(=O)NCC#CC(C)N1CCCC1. The molecule has 15 heavy (non-hydrogen) atoms. The highest BCUT2D eigenvalue weighted by Gasteiger charge is 2.15. The Hall–Kier alpha value is -1.21.